The van der Waals surface area contributed by atoms with E-state index in [0.717, 1.165) is 21.3 Å². The Labute approximate surface area is 129 Å². The molecule has 4 rings (SSSR count). The van der Waals surface area contributed by atoms with Gasteiger partial charge in [0.2, 0.25) is 0 Å². The lowest BCUT2D eigenvalue weighted by Crippen LogP contribution is -2.05. The summed E-state index contributed by atoms with van der Waals surface area (Å²) in [6, 6.07) is 16.4. The summed E-state index contributed by atoms with van der Waals surface area (Å²) < 4.78 is 3.17. The summed E-state index contributed by atoms with van der Waals surface area (Å²) in [7, 11) is 0. The zero-order valence-corrected chi connectivity index (χ0v) is 12.7. The van der Waals surface area contributed by atoms with Crippen molar-refractivity contribution in [2.24, 2.45) is 5.16 Å². The maximum atomic E-state index is 9.28. The average Bonchev–Trinajstić information content (AvgIpc) is 3.05. The molecule has 0 fully saturated rings. The number of halogens is 1. The minimum Gasteiger partial charge on any atom is -0.411 e. The van der Waals surface area contributed by atoms with Crippen LogP contribution < -0.4 is 0 Å². The Morgan fingerprint density at radius 1 is 1.19 bits per heavy atom. The molecule has 3 aromatic rings. The van der Waals surface area contributed by atoms with E-state index in [-0.39, 0.29) is 6.04 Å². The lowest BCUT2D eigenvalue weighted by atomic mass is 10.0. The van der Waals surface area contributed by atoms with E-state index in [9.17, 15) is 5.21 Å². The fraction of sp³-hybridized carbons (Fsp3) is 0.125. The zero-order chi connectivity index (χ0) is 14.4. The van der Waals surface area contributed by atoms with Crippen LogP contribution in [0.3, 0.4) is 0 Å². The fourth-order valence-electron chi connectivity index (χ4n) is 2.98. The van der Waals surface area contributed by atoms with Gasteiger partial charge in [-0.05, 0) is 23.8 Å². The van der Waals surface area contributed by atoms with Crippen LogP contribution in [0.5, 0.6) is 0 Å². The molecular formula is C16H12BrN3O. The average molecular weight is 342 g/mol. The summed E-state index contributed by atoms with van der Waals surface area (Å²) in [5.41, 5.74) is 3.79. The maximum Gasteiger partial charge on any atom is 0.159 e. The number of fused-ring (bicyclic) bond motifs is 3. The molecule has 1 aliphatic heterocycles. The van der Waals surface area contributed by atoms with E-state index in [0.29, 0.717) is 12.1 Å². The topological polar surface area (TPSA) is 50.4 Å². The number of hydrogen-bond donors (Lipinski definition) is 1. The molecule has 21 heavy (non-hydrogen) atoms. The smallest absolute Gasteiger partial charge is 0.159 e. The molecule has 0 radical (unpaired) electrons. The van der Waals surface area contributed by atoms with Gasteiger partial charge in [0.15, 0.2) is 5.82 Å². The lowest BCUT2D eigenvalue weighted by Gasteiger charge is -2.14. The number of rotatable bonds is 1. The van der Waals surface area contributed by atoms with Gasteiger partial charge in [-0.1, -0.05) is 51.4 Å². The molecule has 0 saturated carbocycles. The van der Waals surface area contributed by atoms with Crippen molar-refractivity contribution in [3.8, 4) is 0 Å². The van der Waals surface area contributed by atoms with E-state index < -0.39 is 0 Å². The summed E-state index contributed by atoms with van der Waals surface area (Å²) in [6.45, 7) is 0. The summed E-state index contributed by atoms with van der Waals surface area (Å²) >= 11 is 3.51. The van der Waals surface area contributed by atoms with E-state index in [1.54, 1.807) is 0 Å². The molecular weight excluding hydrogens is 330 g/mol. The molecule has 0 amide bonds. The van der Waals surface area contributed by atoms with Gasteiger partial charge >= 0.3 is 0 Å². The molecule has 0 bridgehead atoms. The molecule has 1 atom stereocenters. The molecule has 0 aliphatic carbocycles. The van der Waals surface area contributed by atoms with Gasteiger partial charge in [-0.15, -0.1) is 0 Å². The lowest BCUT2D eigenvalue weighted by molar-refractivity contribution is 0.318. The monoisotopic (exact) mass is 341 g/mol. The molecule has 0 spiro atoms. The van der Waals surface area contributed by atoms with Gasteiger partial charge in [0, 0.05) is 10.9 Å². The second kappa shape index (κ2) is 4.70. The van der Waals surface area contributed by atoms with Gasteiger partial charge < -0.3 is 9.77 Å². The first kappa shape index (κ1) is 12.6. The number of nitrogens with zero attached hydrogens (tertiary/aromatic N) is 3. The summed E-state index contributed by atoms with van der Waals surface area (Å²) in [5, 5.41) is 12.7. The highest BCUT2D eigenvalue weighted by Crippen LogP contribution is 2.36. The second-order valence-corrected chi connectivity index (χ2v) is 6.03. The predicted molar refractivity (Wildman–Crippen MR) is 85.0 cm³/mol. The molecule has 0 saturated heterocycles. The highest BCUT2D eigenvalue weighted by atomic mass is 79.9. The third-order valence-corrected chi connectivity index (χ3v) is 4.41. The molecule has 2 heterocycles. The van der Waals surface area contributed by atoms with Gasteiger partial charge in [-0.25, -0.2) is 4.98 Å². The molecule has 5 heteroatoms. The van der Waals surface area contributed by atoms with E-state index in [1.165, 1.54) is 5.56 Å². The first-order valence-corrected chi connectivity index (χ1v) is 7.51. The Hall–Kier alpha value is -2.14. The molecule has 1 aromatic heterocycles. The van der Waals surface area contributed by atoms with E-state index >= 15 is 0 Å². The molecule has 1 aliphatic rings. The maximum absolute atomic E-state index is 9.28. The zero-order valence-electron chi connectivity index (χ0n) is 11.1. The van der Waals surface area contributed by atoms with Gasteiger partial charge in [-0.2, -0.15) is 0 Å². The Kier molecular flexibility index (Phi) is 2.82. The Bertz CT molecular complexity index is 855. The van der Waals surface area contributed by atoms with Gasteiger partial charge in [0.05, 0.1) is 17.1 Å². The SMILES string of the molecule is O/N=C1/CC(c2ccccc2)n2c1nc1ccc(Br)cc12. The van der Waals surface area contributed by atoms with Gasteiger partial charge in [-0.3, -0.25) is 0 Å². The van der Waals surface area contributed by atoms with Crippen molar-refractivity contribution >= 4 is 32.7 Å². The van der Waals surface area contributed by atoms with Crippen LogP contribution in [-0.2, 0) is 0 Å². The fourth-order valence-corrected chi connectivity index (χ4v) is 3.33. The molecule has 4 nitrogen and oxygen atoms in total. The number of benzene rings is 2. The third kappa shape index (κ3) is 1.88. The number of imidazole rings is 1. The minimum absolute atomic E-state index is 0.117. The Morgan fingerprint density at radius 3 is 2.76 bits per heavy atom. The van der Waals surface area contributed by atoms with Crippen molar-refractivity contribution in [1.29, 1.82) is 0 Å². The van der Waals surface area contributed by atoms with Crippen molar-refractivity contribution < 1.29 is 5.21 Å². The highest BCUT2D eigenvalue weighted by Gasteiger charge is 2.32. The van der Waals surface area contributed by atoms with Crippen LogP contribution in [0.1, 0.15) is 23.9 Å². The first-order chi connectivity index (χ1) is 10.3. The normalized spacial score (nSPS) is 19.3. The molecule has 1 unspecified atom stereocenters. The number of aromatic nitrogens is 2. The van der Waals surface area contributed by atoms with Crippen LogP contribution in [0.25, 0.3) is 11.0 Å². The van der Waals surface area contributed by atoms with E-state index in [1.807, 2.05) is 30.3 Å². The standard InChI is InChI=1S/C16H12BrN3O/c17-11-6-7-12-15(8-11)20-14(10-4-2-1-3-5-10)9-13(19-21)16(20)18-12/h1-8,14,21H,9H2/b19-13-. The van der Waals surface area contributed by atoms with E-state index in [2.05, 4.69) is 48.8 Å². The van der Waals surface area contributed by atoms with Crippen LogP contribution in [0, 0.1) is 0 Å². The van der Waals surface area contributed by atoms with Crippen molar-refractivity contribution in [2.45, 2.75) is 12.5 Å². The third-order valence-electron chi connectivity index (χ3n) is 3.91. The van der Waals surface area contributed by atoms with Crippen molar-refractivity contribution in [1.82, 2.24) is 9.55 Å². The summed E-state index contributed by atoms with van der Waals surface area (Å²) in [5.74, 6) is 0.749. The largest absolute Gasteiger partial charge is 0.411 e. The number of hydrogen-bond acceptors (Lipinski definition) is 3. The van der Waals surface area contributed by atoms with Crippen molar-refractivity contribution in [3.63, 3.8) is 0 Å². The van der Waals surface area contributed by atoms with Crippen LogP contribution in [0.15, 0.2) is 58.2 Å². The molecule has 2 aromatic carbocycles. The number of oxime groups is 1. The molecule has 1 N–H and O–H groups in total. The Morgan fingerprint density at radius 2 is 2.00 bits per heavy atom. The summed E-state index contributed by atoms with van der Waals surface area (Å²) in [4.78, 5) is 4.61. The van der Waals surface area contributed by atoms with Crippen LogP contribution in [0.4, 0.5) is 0 Å². The first-order valence-electron chi connectivity index (χ1n) is 6.71. The van der Waals surface area contributed by atoms with Crippen molar-refractivity contribution in [2.75, 3.05) is 0 Å². The highest BCUT2D eigenvalue weighted by molar-refractivity contribution is 9.10. The van der Waals surface area contributed by atoms with Crippen LogP contribution in [0.2, 0.25) is 0 Å². The molecule has 104 valence electrons. The quantitative estimate of drug-likeness (QED) is 0.537. The second-order valence-electron chi connectivity index (χ2n) is 5.12. The van der Waals surface area contributed by atoms with Crippen molar-refractivity contribution in [3.05, 3.63) is 64.4 Å². The minimum atomic E-state index is 0.117. The van der Waals surface area contributed by atoms with Gasteiger partial charge in [0.1, 0.15) is 5.71 Å². The predicted octanol–water partition coefficient (Wildman–Crippen LogP) is 3.97. The van der Waals surface area contributed by atoms with Crippen LogP contribution >= 0.6 is 15.9 Å². The summed E-state index contributed by atoms with van der Waals surface area (Å²) in [6.07, 6.45) is 0.658. The van der Waals surface area contributed by atoms with Gasteiger partial charge in [0.25, 0.3) is 0 Å². The Balaban J connectivity index is 2.00. The van der Waals surface area contributed by atoms with Crippen LogP contribution in [-0.4, -0.2) is 20.5 Å². The van der Waals surface area contributed by atoms with E-state index in [4.69, 9.17) is 0 Å².